The molecular weight excluding hydrogens is 252 g/mol. The van der Waals surface area contributed by atoms with Gasteiger partial charge in [-0.05, 0) is 30.7 Å². The fourth-order valence-corrected chi connectivity index (χ4v) is 2.23. The zero-order valence-corrected chi connectivity index (χ0v) is 11.4. The molecule has 0 radical (unpaired) electrons. The zero-order valence-electron chi connectivity index (χ0n) is 10.6. The molecule has 18 heavy (non-hydrogen) atoms. The highest BCUT2D eigenvalue weighted by atomic mass is 32.2. The molecule has 0 bridgehead atoms. The summed E-state index contributed by atoms with van der Waals surface area (Å²) in [5, 5.41) is 8.53. The minimum absolute atomic E-state index is 0.343. The lowest BCUT2D eigenvalue weighted by Gasteiger charge is -2.10. The van der Waals surface area contributed by atoms with Crippen molar-refractivity contribution in [2.75, 3.05) is 19.5 Å². The zero-order chi connectivity index (χ0) is 13.4. The average molecular weight is 270 g/mol. The van der Waals surface area contributed by atoms with Gasteiger partial charge in [-0.25, -0.2) is 0 Å². The van der Waals surface area contributed by atoms with Crippen LogP contribution in [0.2, 0.25) is 0 Å². The summed E-state index contributed by atoms with van der Waals surface area (Å²) in [7, 11) is 1.61. The van der Waals surface area contributed by atoms with E-state index in [1.165, 1.54) is 11.8 Å². The maximum Gasteiger partial charge on any atom is 0.316 e. The van der Waals surface area contributed by atoms with Gasteiger partial charge in [0.25, 0.3) is 0 Å². The van der Waals surface area contributed by atoms with Crippen molar-refractivity contribution in [1.29, 1.82) is 0 Å². The number of carboxylic acids is 1. The van der Waals surface area contributed by atoms with E-state index in [4.69, 9.17) is 14.6 Å². The Balaban J connectivity index is 2.26. The minimum atomic E-state index is -0.757. The number of rotatable bonds is 8. The largest absolute Gasteiger partial charge is 0.497 e. The number of hydrogen-bond donors (Lipinski definition) is 1. The third-order valence-electron chi connectivity index (χ3n) is 2.38. The number of thioether (sulfide) groups is 1. The highest BCUT2D eigenvalue weighted by molar-refractivity contribution is 8.00. The second-order valence-corrected chi connectivity index (χ2v) is 4.94. The molecule has 1 rings (SSSR count). The normalized spacial score (nSPS) is 11.9. The summed E-state index contributed by atoms with van der Waals surface area (Å²) in [6, 6.07) is 7.32. The number of benzene rings is 1. The fourth-order valence-electron chi connectivity index (χ4n) is 1.39. The van der Waals surface area contributed by atoms with Crippen molar-refractivity contribution >= 4 is 17.7 Å². The van der Waals surface area contributed by atoms with Crippen LogP contribution in [0.3, 0.4) is 0 Å². The van der Waals surface area contributed by atoms with Crippen molar-refractivity contribution in [2.24, 2.45) is 0 Å². The first-order valence-electron chi connectivity index (χ1n) is 5.78. The van der Waals surface area contributed by atoms with E-state index >= 15 is 0 Å². The molecule has 0 aliphatic heterocycles. The van der Waals surface area contributed by atoms with Gasteiger partial charge in [0.2, 0.25) is 0 Å². The molecule has 4 nitrogen and oxygen atoms in total. The first kappa shape index (κ1) is 14.7. The summed E-state index contributed by atoms with van der Waals surface area (Å²) in [6.07, 6.45) is 0.628. The van der Waals surface area contributed by atoms with E-state index in [2.05, 4.69) is 0 Å². The molecule has 0 fully saturated rings. The smallest absolute Gasteiger partial charge is 0.316 e. The van der Waals surface area contributed by atoms with Crippen LogP contribution in [-0.2, 0) is 4.79 Å². The van der Waals surface area contributed by atoms with E-state index in [0.29, 0.717) is 18.8 Å². The van der Waals surface area contributed by atoms with E-state index in [-0.39, 0.29) is 5.25 Å². The predicted octanol–water partition coefficient (Wildman–Crippen LogP) is 2.67. The number of ether oxygens (including phenoxy) is 2. The van der Waals surface area contributed by atoms with Crippen molar-refractivity contribution in [3.8, 4) is 11.5 Å². The van der Waals surface area contributed by atoms with Crippen LogP contribution in [-0.4, -0.2) is 35.8 Å². The number of carbonyl (C=O) groups is 1. The Morgan fingerprint density at radius 1 is 1.33 bits per heavy atom. The van der Waals surface area contributed by atoms with E-state index in [0.717, 1.165) is 11.5 Å². The van der Waals surface area contributed by atoms with Crippen LogP contribution < -0.4 is 9.47 Å². The maximum absolute atomic E-state index is 10.8. The molecule has 0 heterocycles. The molecule has 1 atom stereocenters. The van der Waals surface area contributed by atoms with Crippen molar-refractivity contribution in [3.63, 3.8) is 0 Å². The third-order valence-corrected chi connectivity index (χ3v) is 3.72. The summed E-state index contributed by atoms with van der Waals surface area (Å²) in [4.78, 5) is 10.8. The number of hydrogen-bond acceptors (Lipinski definition) is 4. The van der Waals surface area contributed by atoms with Crippen LogP contribution in [0.25, 0.3) is 0 Å². The Morgan fingerprint density at radius 3 is 2.44 bits per heavy atom. The third kappa shape index (κ3) is 4.87. The molecule has 0 spiro atoms. The first-order valence-corrected chi connectivity index (χ1v) is 6.83. The van der Waals surface area contributed by atoms with Gasteiger partial charge in [-0.3, -0.25) is 4.79 Å². The standard InChI is InChI=1S/C13H18O4S/c1-3-12(13(14)15)18-9-8-17-11-6-4-10(16-2)5-7-11/h4-7,12H,3,8-9H2,1-2H3,(H,14,15). The van der Waals surface area contributed by atoms with Crippen LogP contribution in [0, 0.1) is 0 Å². The van der Waals surface area contributed by atoms with E-state index < -0.39 is 5.97 Å². The van der Waals surface area contributed by atoms with Gasteiger partial charge in [0, 0.05) is 5.75 Å². The molecule has 0 amide bonds. The van der Waals surface area contributed by atoms with E-state index in [1.807, 2.05) is 31.2 Å². The highest BCUT2D eigenvalue weighted by Crippen LogP contribution is 2.18. The average Bonchev–Trinajstić information content (AvgIpc) is 2.39. The minimum Gasteiger partial charge on any atom is -0.497 e. The van der Waals surface area contributed by atoms with Crippen LogP contribution in [0.1, 0.15) is 13.3 Å². The van der Waals surface area contributed by atoms with Crippen LogP contribution >= 0.6 is 11.8 Å². The molecule has 0 aromatic heterocycles. The van der Waals surface area contributed by atoms with Crippen LogP contribution in [0.4, 0.5) is 0 Å². The van der Waals surface area contributed by atoms with Gasteiger partial charge in [0.1, 0.15) is 16.7 Å². The first-order chi connectivity index (χ1) is 8.67. The molecule has 0 aliphatic carbocycles. The topological polar surface area (TPSA) is 55.8 Å². The Kier molecular flexibility index (Phi) is 6.43. The van der Waals surface area contributed by atoms with Gasteiger partial charge in [0.05, 0.1) is 13.7 Å². The quantitative estimate of drug-likeness (QED) is 0.736. The SMILES string of the molecule is CCC(SCCOc1ccc(OC)cc1)C(=O)O. The molecule has 0 saturated carbocycles. The Hall–Kier alpha value is -1.36. The van der Waals surface area contributed by atoms with Crippen LogP contribution in [0.15, 0.2) is 24.3 Å². The summed E-state index contributed by atoms with van der Waals surface area (Å²) >= 11 is 1.41. The van der Waals surface area contributed by atoms with Gasteiger partial charge >= 0.3 is 5.97 Å². The summed E-state index contributed by atoms with van der Waals surface area (Å²) < 4.78 is 10.6. The second-order valence-electron chi connectivity index (χ2n) is 3.63. The number of methoxy groups -OCH3 is 1. The molecule has 100 valence electrons. The molecular formula is C13H18O4S. The molecule has 1 aromatic carbocycles. The van der Waals surface area contributed by atoms with Crippen molar-refractivity contribution in [3.05, 3.63) is 24.3 Å². The number of aliphatic carboxylic acids is 1. The molecule has 0 saturated heterocycles. The van der Waals surface area contributed by atoms with Crippen molar-refractivity contribution < 1.29 is 19.4 Å². The lowest BCUT2D eigenvalue weighted by molar-refractivity contribution is -0.136. The van der Waals surface area contributed by atoms with Gasteiger partial charge in [-0.1, -0.05) is 6.92 Å². The van der Waals surface area contributed by atoms with Crippen molar-refractivity contribution in [2.45, 2.75) is 18.6 Å². The van der Waals surface area contributed by atoms with Gasteiger partial charge in [-0.2, -0.15) is 0 Å². The summed E-state index contributed by atoms with van der Waals surface area (Å²) in [5.41, 5.74) is 0. The lowest BCUT2D eigenvalue weighted by atomic mass is 10.3. The Bertz CT molecular complexity index is 364. The molecule has 0 aliphatic rings. The maximum atomic E-state index is 10.8. The fraction of sp³-hybridized carbons (Fsp3) is 0.462. The summed E-state index contributed by atoms with van der Waals surface area (Å²) in [5.74, 6) is 1.46. The monoisotopic (exact) mass is 270 g/mol. The Labute approximate surface area is 111 Å². The van der Waals surface area contributed by atoms with Crippen LogP contribution in [0.5, 0.6) is 11.5 Å². The number of carboxylic acid groups (broad SMARTS) is 1. The highest BCUT2D eigenvalue weighted by Gasteiger charge is 2.14. The van der Waals surface area contributed by atoms with Gasteiger partial charge in [0.15, 0.2) is 0 Å². The molecule has 1 unspecified atom stereocenters. The summed E-state index contributed by atoms with van der Waals surface area (Å²) in [6.45, 7) is 2.37. The van der Waals surface area contributed by atoms with E-state index in [9.17, 15) is 4.79 Å². The molecule has 1 N–H and O–H groups in total. The van der Waals surface area contributed by atoms with Gasteiger partial charge in [-0.15, -0.1) is 11.8 Å². The molecule has 5 heteroatoms. The molecule has 1 aromatic rings. The lowest BCUT2D eigenvalue weighted by Crippen LogP contribution is -2.16. The van der Waals surface area contributed by atoms with E-state index in [1.54, 1.807) is 7.11 Å². The van der Waals surface area contributed by atoms with Crippen molar-refractivity contribution in [1.82, 2.24) is 0 Å². The van der Waals surface area contributed by atoms with Gasteiger partial charge < -0.3 is 14.6 Å². The predicted molar refractivity (Wildman–Crippen MR) is 72.7 cm³/mol. The second kappa shape index (κ2) is 7.87. The Morgan fingerprint density at radius 2 is 1.94 bits per heavy atom.